The van der Waals surface area contributed by atoms with E-state index in [-0.39, 0.29) is 30.1 Å². The first-order valence-electron chi connectivity index (χ1n) is 9.72. The topological polar surface area (TPSA) is 57.2 Å². The van der Waals surface area contributed by atoms with Crippen LogP contribution in [-0.2, 0) is 4.74 Å². The van der Waals surface area contributed by atoms with Crippen LogP contribution in [0.4, 0.5) is 4.79 Å². The van der Waals surface area contributed by atoms with Crippen molar-refractivity contribution < 1.29 is 9.53 Å². The van der Waals surface area contributed by atoms with Gasteiger partial charge in [-0.15, -0.1) is 24.0 Å². The molecule has 1 saturated heterocycles. The zero-order valence-electron chi connectivity index (χ0n) is 16.3. The van der Waals surface area contributed by atoms with Crippen LogP contribution in [0.25, 0.3) is 0 Å². The Morgan fingerprint density at radius 3 is 2.44 bits per heavy atom. The van der Waals surface area contributed by atoms with E-state index in [2.05, 4.69) is 47.5 Å². The van der Waals surface area contributed by atoms with E-state index >= 15 is 0 Å². The summed E-state index contributed by atoms with van der Waals surface area (Å²) < 4.78 is 5.09. The zero-order chi connectivity index (χ0) is 18.4. The molecule has 7 heteroatoms. The van der Waals surface area contributed by atoms with Crippen LogP contribution in [0.2, 0.25) is 0 Å². The predicted octanol–water partition coefficient (Wildman–Crippen LogP) is 3.15. The third-order valence-electron chi connectivity index (χ3n) is 5.07. The molecule has 2 aliphatic rings. The first-order chi connectivity index (χ1) is 12.7. The molecule has 1 aromatic rings. The van der Waals surface area contributed by atoms with Crippen LogP contribution in [0.5, 0.6) is 0 Å². The van der Waals surface area contributed by atoms with E-state index in [1.165, 1.54) is 12.0 Å². The maximum absolute atomic E-state index is 11.8. The molecule has 1 N–H and O–H groups in total. The minimum absolute atomic E-state index is 0. The molecule has 6 nitrogen and oxygen atoms in total. The van der Waals surface area contributed by atoms with Gasteiger partial charge in [0, 0.05) is 39.3 Å². The SMILES string of the molecule is CCNC(=NCC1CC1c1ccccc1)N1CCN(C(=O)OCC)CC1.I. The second kappa shape index (κ2) is 10.7. The maximum atomic E-state index is 11.8. The Balaban J connectivity index is 0.00000261. The van der Waals surface area contributed by atoms with Gasteiger partial charge >= 0.3 is 6.09 Å². The van der Waals surface area contributed by atoms with Gasteiger partial charge < -0.3 is 19.9 Å². The van der Waals surface area contributed by atoms with Crippen molar-refractivity contribution in [2.75, 3.05) is 45.9 Å². The highest BCUT2D eigenvalue weighted by atomic mass is 127. The number of guanidine groups is 1. The summed E-state index contributed by atoms with van der Waals surface area (Å²) in [6.45, 7) is 9.00. The lowest BCUT2D eigenvalue weighted by molar-refractivity contribution is 0.0914. The Labute approximate surface area is 179 Å². The van der Waals surface area contributed by atoms with Gasteiger partial charge in [0.25, 0.3) is 0 Å². The third-order valence-corrected chi connectivity index (χ3v) is 5.07. The van der Waals surface area contributed by atoms with E-state index in [1.807, 2.05) is 6.92 Å². The average molecular weight is 486 g/mol. The molecular weight excluding hydrogens is 455 g/mol. The van der Waals surface area contributed by atoms with Crippen LogP contribution in [-0.4, -0.2) is 67.7 Å². The number of halogens is 1. The molecule has 1 aliphatic carbocycles. The number of ether oxygens (including phenoxy) is 1. The molecule has 27 heavy (non-hydrogen) atoms. The Morgan fingerprint density at radius 1 is 1.15 bits per heavy atom. The molecule has 1 aliphatic heterocycles. The fourth-order valence-electron chi connectivity index (χ4n) is 3.50. The second-order valence-electron chi connectivity index (χ2n) is 6.88. The summed E-state index contributed by atoms with van der Waals surface area (Å²) in [5, 5.41) is 3.40. The molecule has 1 saturated carbocycles. The Bertz CT molecular complexity index is 618. The summed E-state index contributed by atoms with van der Waals surface area (Å²) in [6, 6.07) is 10.7. The Morgan fingerprint density at radius 2 is 1.81 bits per heavy atom. The van der Waals surface area contributed by atoms with Crippen molar-refractivity contribution in [3.05, 3.63) is 35.9 Å². The summed E-state index contributed by atoms with van der Waals surface area (Å²) in [6.07, 6.45) is 1.02. The number of amides is 1. The highest BCUT2D eigenvalue weighted by Crippen LogP contribution is 2.47. The van der Waals surface area contributed by atoms with E-state index in [1.54, 1.807) is 4.90 Å². The fraction of sp³-hybridized carbons (Fsp3) is 0.600. The normalized spacial score (nSPS) is 22.1. The molecule has 0 radical (unpaired) electrons. The third kappa shape index (κ3) is 5.99. The van der Waals surface area contributed by atoms with Crippen molar-refractivity contribution in [3.8, 4) is 0 Å². The minimum atomic E-state index is -0.210. The van der Waals surface area contributed by atoms with Gasteiger partial charge in [-0.3, -0.25) is 4.99 Å². The van der Waals surface area contributed by atoms with Gasteiger partial charge in [0.2, 0.25) is 0 Å². The van der Waals surface area contributed by atoms with Gasteiger partial charge in [-0.1, -0.05) is 30.3 Å². The minimum Gasteiger partial charge on any atom is -0.450 e. The van der Waals surface area contributed by atoms with Gasteiger partial charge in [-0.25, -0.2) is 4.79 Å². The molecular formula is C20H31IN4O2. The Kier molecular flexibility index (Phi) is 8.66. The number of piperazine rings is 1. The number of hydrogen-bond donors (Lipinski definition) is 1. The summed E-state index contributed by atoms with van der Waals surface area (Å²) in [7, 11) is 0. The molecule has 2 unspecified atom stereocenters. The predicted molar refractivity (Wildman–Crippen MR) is 119 cm³/mol. The molecule has 0 spiro atoms. The highest BCUT2D eigenvalue weighted by molar-refractivity contribution is 14.0. The number of nitrogens with zero attached hydrogens (tertiary/aromatic N) is 3. The summed E-state index contributed by atoms with van der Waals surface area (Å²) in [4.78, 5) is 20.7. The van der Waals surface area contributed by atoms with Crippen molar-refractivity contribution in [1.29, 1.82) is 0 Å². The van der Waals surface area contributed by atoms with Gasteiger partial charge in [0.05, 0.1) is 6.61 Å². The first kappa shape index (κ1) is 21.8. The molecule has 0 bridgehead atoms. The zero-order valence-corrected chi connectivity index (χ0v) is 18.6. The maximum Gasteiger partial charge on any atom is 0.409 e. The molecule has 3 rings (SSSR count). The lowest BCUT2D eigenvalue weighted by atomic mass is 10.1. The van der Waals surface area contributed by atoms with Crippen molar-refractivity contribution in [3.63, 3.8) is 0 Å². The molecule has 1 aromatic carbocycles. The van der Waals surface area contributed by atoms with E-state index in [9.17, 15) is 4.79 Å². The van der Waals surface area contributed by atoms with Crippen LogP contribution in [0.15, 0.2) is 35.3 Å². The quantitative estimate of drug-likeness (QED) is 0.395. The number of benzene rings is 1. The van der Waals surface area contributed by atoms with Crippen molar-refractivity contribution >= 4 is 36.0 Å². The van der Waals surface area contributed by atoms with Gasteiger partial charge in [-0.2, -0.15) is 0 Å². The van der Waals surface area contributed by atoms with E-state index in [4.69, 9.17) is 9.73 Å². The average Bonchev–Trinajstić information content (AvgIpc) is 3.46. The van der Waals surface area contributed by atoms with Gasteiger partial charge in [0.1, 0.15) is 0 Å². The lowest BCUT2D eigenvalue weighted by Gasteiger charge is -2.35. The summed E-state index contributed by atoms with van der Waals surface area (Å²) in [5.74, 6) is 2.27. The van der Waals surface area contributed by atoms with E-state index in [0.29, 0.717) is 31.5 Å². The van der Waals surface area contributed by atoms with Crippen LogP contribution in [0.1, 0.15) is 31.7 Å². The molecule has 1 heterocycles. The van der Waals surface area contributed by atoms with Crippen LogP contribution < -0.4 is 5.32 Å². The number of carbonyl (C=O) groups excluding carboxylic acids is 1. The molecule has 1 amide bonds. The number of nitrogens with one attached hydrogen (secondary N) is 1. The van der Waals surface area contributed by atoms with Gasteiger partial charge in [0.15, 0.2) is 5.96 Å². The number of hydrogen-bond acceptors (Lipinski definition) is 3. The lowest BCUT2D eigenvalue weighted by Crippen LogP contribution is -2.54. The number of aliphatic imine (C=N–C) groups is 1. The summed E-state index contributed by atoms with van der Waals surface area (Å²) in [5.41, 5.74) is 1.43. The fourth-order valence-corrected chi connectivity index (χ4v) is 3.50. The summed E-state index contributed by atoms with van der Waals surface area (Å²) >= 11 is 0. The van der Waals surface area contributed by atoms with Gasteiger partial charge in [-0.05, 0) is 37.7 Å². The monoisotopic (exact) mass is 486 g/mol. The highest BCUT2D eigenvalue weighted by Gasteiger charge is 2.38. The standard InChI is InChI=1S/C20H30N4O2.HI/c1-3-21-19(23-10-12-24(13-11-23)20(25)26-4-2)22-15-17-14-18(17)16-8-6-5-7-9-16;/h5-9,17-18H,3-4,10-15H2,1-2H3,(H,21,22);1H. The van der Waals surface area contributed by atoms with Crippen molar-refractivity contribution in [1.82, 2.24) is 15.1 Å². The van der Waals surface area contributed by atoms with Crippen molar-refractivity contribution in [2.45, 2.75) is 26.2 Å². The largest absolute Gasteiger partial charge is 0.450 e. The molecule has 150 valence electrons. The van der Waals surface area contributed by atoms with Crippen LogP contribution in [0, 0.1) is 5.92 Å². The van der Waals surface area contributed by atoms with E-state index in [0.717, 1.165) is 32.1 Å². The second-order valence-corrected chi connectivity index (χ2v) is 6.88. The smallest absolute Gasteiger partial charge is 0.409 e. The van der Waals surface area contributed by atoms with Crippen molar-refractivity contribution in [2.24, 2.45) is 10.9 Å². The molecule has 2 atom stereocenters. The number of rotatable bonds is 5. The van der Waals surface area contributed by atoms with Crippen LogP contribution >= 0.6 is 24.0 Å². The van der Waals surface area contributed by atoms with E-state index < -0.39 is 0 Å². The first-order valence-corrected chi connectivity index (χ1v) is 9.72. The Hall–Kier alpha value is -1.51. The molecule has 2 fully saturated rings. The van der Waals surface area contributed by atoms with Crippen LogP contribution in [0.3, 0.4) is 0 Å². The molecule has 0 aromatic heterocycles. The number of carbonyl (C=O) groups is 1.